The molecule has 234 valence electrons. The minimum Gasteiger partial charge on any atom is -0.689 e. The van der Waals surface area contributed by atoms with Crippen molar-refractivity contribution in [2.75, 3.05) is 39.7 Å². The molecule has 2 heterocycles. The van der Waals surface area contributed by atoms with Crippen LogP contribution in [0.1, 0.15) is 50.2 Å². The van der Waals surface area contributed by atoms with E-state index < -0.39 is 11.9 Å². The molecule has 0 radical (unpaired) electrons. The Morgan fingerprint density at radius 3 is 2.36 bits per heavy atom. The molecule has 1 aliphatic carbocycles. The first-order valence-corrected chi connectivity index (χ1v) is 14.1. The number of nitrogens with one attached hydrogen (secondary N) is 2. The summed E-state index contributed by atoms with van der Waals surface area (Å²) in [7, 11) is 6.26. The van der Waals surface area contributed by atoms with E-state index in [1.165, 1.54) is 18.7 Å². The first-order valence-electron chi connectivity index (χ1n) is 14.1. The van der Waals surface area contributed by atoms with Crippen LogP contribution in [0.2, 0.25) is 0 Å². The molecule has 4 rings (SSSR count). The number of imidazole rings is 1. The topological polar surface area (TPSA) is 121 Å². The number of methoxy groups -OCH3 is 2. The van der Waals surface area contributed by atoms with E-state index in [4.69, 9.17) is 19.6 Å². The van der Waals surface area contributed by atoms with Crippen LogP contribution in [-0.2, 0) is 29.3 Å². The Kier molecular flexibility index (Phi) is 15.3. The van der Waals surface area contributed by atoms with Crippen molar-refractivity contribution in [3.05, 3.63) is 64.8 Å². The predicted octanol–water partition coefficient (Wildman–Crippen LogP) is 3.70. The quantitative estimate of drug-likeness (QED) is 0.126. The van der Waals surface area contributed by atoms with Crippen LogP contribution >= 0.6 is 0 Å². The normalized spacial score (nSPS) is 13.1. The maximum atomic E-state index is 13.1. The summed E-state index contributed by atoms with van der Waals surface area (Å²) in [6.45, 7) is 5.31. The third-order valence-electron chi connectivity index (χ3n) is 6.46. The summed E-state index contributed by atoms with van der Waals surface area (Å²) in [5, 5.41) is 16.1. The van der Waals surface area contributed by atoms with Crippen LogP contribution in [-0.4, -0.2) is 59.8 Å². The van der Waals surface area contributed by atoms with Gasteiger partial charge in [-0.2, -0.15) is 18.2 Å². The molecule has 3 aromatic rings. The van der Waals surface area contributed by atoms with Gasteiger partial charge in [0.2, 0.25) is 11.8 Å². The SMILES string of the molecule is CC.C[N-]/C(=C(\C(=N)OC)c1ncc(NCCCOC)c(OCc2ccc(-c3nc(C(F)(F)F)cn3C)cc2)n1)C1CC1.[K+]. The number of hydrogen-bond acceptors (Lipinski definition) is 8. The number of anilines is 1. The van der Waals surface area contributed by atoms with Crippen molar-refractivity contribution in [2.24, 2.45) is 13.0 Å². The van der Waals surface area contributed by atoms with Crippen LogP contribution < -0.4 is 61.4 Å². The van der Waals surface area contributed by atoms with Gasteiger partial charge in [-0.05, 0) is 30.7 Å². The number of nitrogens with zero attached hydrogens (tertiary/aromatic N) is 5. The first-order chi connectivity index (χ1) is 20.7. The molecular formula is C30H39F3KN7O3. The van der Waals surface area contributed by atoms with Gasteiger partial charge >= 0.3 is 57.6 Å². The zero-order valence-electron chi connectivity index (χ0n) is 26.4. The zero-order chi connectivity index (χ0) is 31.6. The van der Waals surface area contributed by atoms with E-state index in [2.05, 4.69) is 25.6 Å². The summed E-state index contributed by atoms with van der Waals surface area (Å²) in [5.41, 5.74) is 2.09. The van der Waals surface area contributed by atoms with E-state index in [1.54, 1.807) is 44.6 Å². The maximum Gasteiger partial charge on any atom is 1.00 e. The summed E-state index contributed by atoms with van der Waals surface area (Å²) in [5.74, 6) is 0.911. The molecule has 0 unspecified atom stereocenters. The Morgan fingerprint density at radius 1 is 1.14 bits per heavy atom. The predicted molar refractivity (Wildman–Crippen MR) is 160 cm³/mol. The Labute approximate surface area is 299 Å². The molecule has 0 aliphatic heterocycles. The van der Waals surface area contributed by atoms with Crippen LogP contribution in [0, 0.1) is 11.3 Å². The summed E-state index contributed by atoms with van der Waals surface area (Å²) >= 11 is 0. The second-order valence-electron chi connectivity index (χ2n) is 9.52. The smallest absolute Gasteiger partial charge is 0.689 e. The van der Waals surface area contributed by atoms with Crippen molar-refractivity contribution < 1.29 is 78.8 Å². The van der Waals surface area contributed by atoms with Crippen LogP contribution in [0.25, 0.3) is 22.3 Å². The van der Waals surface area contributed by atoms with E-state index in [0.717, 1.165) is 36.7 Å². The van der Waals surface area contributed by atoms with Crippen molar-refractivity contribution in [2.45, 2.75) is 45.9 Å². The molecule has 0 amide bonds. The molecule has 10 nitrogen and oxygen atoms in total. The third-order valence-corrected chi connectivity index (χ3v) is 6.46. The number of rotatable bonds is 13. The fraction of sp³-hybridized carbons (Fsp3) is 0.467. The van der Waals surface area contributed by atoms with Crippen molar-refractivity contribution >= 4 is 17.2 Å². The Bertz CT molecular complexity index is 1390. The number of hydrogen-bond donors (Lipinski definition) is 2. The molecule has 0 atom stereocenters. The van der Waals surface area contributed by atoms with E-state index >= 15 is 0 Å². The van der Waals surface area contributed by atoms with Gasteiger partial charge in [-0.3, -0.25) is 5.41 Å². The number of halogens is 3. The fourth-order valence-corrected chi connectivity index (χ4v) is 4.22. The van der Waals surface area contributed by atoms with Gasteiger partial charge in [-0.25, -0.2) is 9.97 Å². The Morgan fingerprint density at radius 2 is 1.82 bits per heavy atom. The van der Waals surface area contributed by atoms with E-state index in [-0.39, 0.29) is 87.3 Å². The number of ether oxygens (including phenoxy) is 3. The van der Waals surface area contributed by atoms with Crippen molar-refractivity contribution in [1.82, 2.24) is 19.5 Å². The monoisotopic (exact) mass is 641 g/mol. The average Bonchev–Trinajstić information content (AvgIpc) is 3.77. The molecule has 1 aromatic carbocycles. The molecule has 1 aliphatic rings. The van der Waals surface area contributed by atoms with E-state index in [1.807, 2.05) is 13.8 Å². The third kappa shape index (κ3) is 10.0. The molecule has 2 aromatic heterocycles. The largest absolute Gasteiger partial charge is 1.00 e. The fourth-order valence-electron chi connectivity index (χ4n) is 4.22. The van der Waals surface area contributed by atoms with Crippen molar-refractivity contribution in [1.29, 1.82) is 5.41 Å². The molecule has 14 heteroatoms. The molecule has 1 fully saturated rings. The first kappa shape index (κ1) is 37.7. The molecule has 1 saturated carbocycles. The number of benzene rings is 1. The van der Waals surface area contributed by atoms with Gasteiger partial charge in [0.05, 0.1) is 18.9 Å². The summed E-state index contributed by atoms with van der Waals surface area (Å²) in [4.78, 5) is 12.9. The van der Waals surface area contributed by atoms with Crippen LogP contribution in [0.15, 0.2) is 42.4 Å². The summed E-state index contributed by atoms with van der Waals surface area (Å²) < 4.78 is 57.1. The Balaban J connectivity index is 0.00000220. The number of alkyl halides is 3. The van der Waals surface area contributed by atoms with Crippen molar-refractivity contribution in [3.8, 4) is 17.3 Å². The molecule has 0 saturated heterocycles. The summed E-state index contributed by atoms with van der Waals surface area (Å²) in [6.07, 6.45) is 0.755. The molecule has 2 N–H and O–H groups in total. The average molecular weight is 642 g/mol. The van der Waals surface area contributed by atoms with Gasteiger partial charge in [-0.15, -0.1) is 12.7 Å². The van der Waals surface area contributed by atoms with Crippen LogP contribution in [0.4, 0.5) is 18.9 Å². The number of aromatic nitrogens is 4. The van der Waals surface area contributed by atoms with Gasteiger partial charge in [0.1, 0.15) is 18.1 Å². The van der Waals surface area contributed by atoms with Gasteiger partial charge in [-0.1, -0.05) is 38.1 Å². The molecule has 44 heavy (non-hydrogen) atoms. The van der Waals surface area contributed by atoms with Gasteiger partial charge in [0, 0.05) is 39.1 Å². The van der Waals surface area contributed by atoms with Crippen LogP contribution in [0.3, 0.4) is 0 Å². The minimum atomic E-state index is -4.52. The van der Waals surface area contributed by atoms with Gasteiger partial charge in [0.15, 0.2) is 11.5 Å². The van der Waals surface area contributed by atoms with E-state index in [0.29, 0.717) is 30.0 Å². The second-order valence-corrected chi connectivity index (χ2v) is 9.52. The summed E-state index contributed by atoms with van der Waals surface area (Å²) in [6, 6.07) is 6.92. The van der Waals surface area contributed by atoms with E-state index in [9.17, 15) is 13.2 Å². The number of aryl methyl sites for hydroxylation is 1. The van der Waals surface area contributed by atoms with Gasteiger partial charge < -0.3 is 29.4 Å². The molecule has 0 spiro atoms. The van der Waals surface area contributed by atoms with Crippen molar-refractivity contribution in [3.63, 3.8) is 0 Å². The number of allylic oxidation sites excluding steroid dienone is 1. The standard InChI is InChI=1S/C28H33F3N7O3.C2H6.K/c1-33-23(18-10-11-18)22(24(32)40-4)25-35-14-20(34-12-5-13-39-3)27(37-25)41-16-17-6-8-19(9-7-17)26-36-21(15-38(26)2)28(29,30)31;1-2;/h6-9,14-15,18,32,34H,5,10-13,16H2,1-4H3;1-2H3;/q-1;;+1/b23-22+,32-24?;;. The molecule has 0 bridgehead atoms. The van der Waals surface area contributed by atoms with Crippen LogP contribution in [0.5, 0.6) is 5.88 Å². The molecular weight excluding hydrogens is 602 g/mol. The second kappa shape index (κ2) is 17.9. The van der Waals surface area contributed by atoms with Gasteiger partial charge in [0.25, 0.3) is 0 Å². The minimum absolute atomic E-state index is 0. The Hall–Kier alpha value is -2.49. The maximum absolute atomic E-state index is 13.1. The zero-order valence-corrected chi connectivity index (χ0v) is 29.5.